The third-order valence-corrected chi connectivity index (χ3v) is 2.98. The molecule has 0 radical (unpaired) electrons. The summed E-state index contributed by atoms with van der Waals surface area (Å²) in [5, 5.41) is 1.21. The van der Waals surface area contributed by atoms with Crippen LogP contribution in [0.2, 0.25) is 0 Å². The van der Waals surface area contributed by atoms with E-state index in [4.69, 9.17) is 10.5 Å². The zero-order valence-electron chi connectivity index (χ0n) is 9.79. The molecule has 0 aliphatic rings. The quantitative estimate of drug-likeness (QED) is 0.828. The van der Waals surface area contributed by atoms with Gasteiger partial charge in [0.2, 0.25) is 0 Å². The number of H-pyrrole nitrogens is 1. The molecule has 1 aromatic carbocycles. The monoisotopic (exact) mass is 218 g/mol. The van der Waals surface area contributed by atoms with E-state index >= 15 is 0 Å². The summed E-state index contributed by atoms with van der Waals surface area (Å²) in [6.45, 7) is 2.11. The van der Waals surface area contributed by atoms with Gasteiger partial charge in [-0.1, -0.05) is 6.92 Å². The number of hydrogen-bond acceptors (Lipinski definition) is 2. The molecule has 0 unspecified atom stereocenters. The molecule has 0 saturated heterocycles. The number of rotatable bonds is 4. The largest absolute Gasteiger partial charge is 0.497 e. The summed E-state index contributed by atoms with van der Waals surface area (Å²) in [6.07, 6.45) is 3.94. The summed E-state index contributed by atoms with van der Waals surface area (Å²) in [5.74, 6) is 0.887. The average molecular weight is 218 g/mol. The Hall–Kier alpha value is -1.48. The van der Waals surface area contributed by atoms with Crippen LogP contribution in [0.25, 0.3) is 10.9 Å². The first-order valence-electron chi connectivity index (χ1n) is 5.64. The van der Waals surface area contributed by atoms with Crippen molar-refractivity contribution in [3.8, 4) is 5.75 Å². The smallest absolute Gasteiger partial charge is 0.119 e. The molecule has 0 bridgehead atoms. The molecule has 1 heterocycles. The van der Waals surface area contributed by atoms with Gasteiger partial charge in [0.25, 0.3) is 0 Å². The lowest BCUT2D eigenvalue weighted by molar-refractivity contribution is 0.415. The van der Waals surface area contributed by atoms with Crippen LogP contribution in [0.15, 0.2) is 24.4 Å². The van der Waals surface area contributed by atoms with Gasteiger partial charge < -0.3 is 15.5 Å². The van der Waals surface area contributed by atoms with Crippen molar-refractivity contribution in [1.82, 2.24) is 4.98 Å². The molecule has 86 valence electrons. The third-order valence-electron chi connectivity index (χ3n) is 2.98. The third kappa shape index (κ3) is 2.04. The lowest BCUT2D eigenvalue weighted by atomic mass is 10.0. The normalized spacial score (nSPS) is 12.9. The Balaban J connectivity index is 2.38. The van der Waals surface area contributed by atoms with Crippen LogP contribution in [-0.4, -0.2) is 18.1 Å². The van der Waals surface area contributed by atoms with E-state index in [1.54, 1.807) is 7.11 Å². The van der Waals surface area contributed by atoms with Gasteiger partial charge in [0.15, 0.2) is 0 Å². The molecule has 0 amide bonds. The standard InChI is InChI=1S/C13H18N2O/c1-3-10(14)6-9-8-15-13-5-4-11(16-2)7-12(9)13/h4-5,7-8,10,15H,3,6,14H2,1-2H3/t10-/m1/s1. The Morgan fingerprint density at radius 3 is 2.94 bits per heavy atom. The van der Waals surface area contributed by atoms with E-state index in [1.807, 2.05) is 18.3 Å². The van der Waals surface area contributed by atoms with Gasteiger partial charge >= 0.3 is 0 Å². The lowest BCUT2D eigenvalue weighted by Crippen LogP contribution is -2.21. The molecule has 0 aliphatic heterocycles. The molecular weight excluding hydrogens is 200 g/mol. The van der Waals surface area contributed by atoms with Gasteiger partial charge in [-0.15, -0.1) is 0 Å². The SMILES string of the molecule is CC[C@@H](N)Cc1c[nH]c2ccc(OC)cc12. The van der Waals surface area contributed by atoms with Gasteiger partial charge in [0.1, 0.15) is 5.75 Å². The molecule has 0 aliphatic carbocycles. The van der Waals surface area contributed by atoms with Crippen LogP contribution in [0.4, 0.5) is 0 Å². The Labute approximate surface area is 95.6 Å². The predicted molar refractivity (Wildman–Crippen MR) is 66.8 cm³/mol. The minimum Gasteiger partial charge on any atom is -0.497 e. The Kier molecular flexibility index (Phi) is 3.15. The van der Waals surface area contributed by atoms with Crippen molar-refractivity contribution in [3.63, 3.8) is 0 Å². The summed E-state index contributed by atoms with van der Waals surface area (Å²) >= 11 is 0. The van der Waals surface area contributed by atoms with Crippen molar-refractivity contribution in [2.45, 2.75) is 25.8 Å². The molecule has 3 nitrogen and oxygen atoms in total. The first-order chi connectivity index (χ1) is 7.74. The number of ether oxygens (including phenoxy) is 1. The maximum absolute atomic E-state index is 5.98. The predicted octanol–water partition coefficient (Wildman–Crippen LogP) is 2.46. The van der Waals surface area contributed by atoms with Crippen molar-refractivity contribution < 1.29 is 4.74 Å². The molecule has 1 atom stereocenters. The second-order valence-corrected chi connectivity index (χ2v) is 4.10. The number of aromatic amines is 1. The number of methoxy groups -OCH3 is 1. The first kappa shape index (κ1) is 11.0. The van der Waals surface area contributed by atoms with Crippen molar-refractivity contribution in [2.75, 3.05) is 7.11 Å². The second kappa shape index (κ2) is 4.58. The molecular formula is C13H18N2O. The second-order valence-electron chi connectivity index (χ2n) is 4.10. The zero-order valence-corrected chi connectivity index (χ0v) is 9.79. The fraction of sp³-hybridized carbons (Fsp3) is 0.385. The van der Waals surface area contributed by atoms with Crippen LogP contribution < -0.4 is 10.5 Å². The highest BCUT2D eigenvalue weighted by Crippen LogP contribution is 2.24. The minimum atomic E-state index is 0.227. The van der Waals surface area contributed by atoms with E-state index in [0.29, 0.717) is 0 Å². The van der Waals surface area contributed by atoms with Crippen molar-refractivity contribution >= 4 is 10.9 Å². The van der Waals surface area contributed by atoms with Crippen LogP contribution in [0.1, 0.15) is 18.9 Å². The number of nitrogens with two attached hydrogens (primary N) is 1. The molecule has 2 aromatic rings. The number of nitrogens with one attached hydrogen (secondary N) is 1. The van der Waals surface area contributed by atoms with E-state index in [9.17, 15) is 0 Å². The average Bonchev–Trinajstić information content (AvgIpc) is 2.71. The number of benzene rings is 1. The summed E-state index contributed by atoms with van der Waals surface area (Å²) in [6, 6.07) is 6.28. The van der Waals surface area contributed by atoms with E-state index in [-0.39, 0.29) is 6.04 Å². The van der Waals surface area contributed by atoms with Crippen LogP contribution >= 0.6 is 0 Å². The Bertz CT molecular complexity index is 476. The van der Waals surface area contributed by atoms with Crippen molar-refractivity contribution in [1.29, 1.82) is 0 Å². The van der Waals surface area contributed by atoms with E-state index in [1.165, 1.54) is 10.9 Å². The molecule has 0 fully saturated rings. The maximum atomic E-state index is 5.98. The highest BCUT2D eigenvalue weighted by Gasteiger charge is 2.08. The van der Waals surface area contributed by atoms with Gasteiger partial charge in [-0.05, 0) is 36.6 Å². The highest BCUT2D eigenvalue weighted by molar-refractivity contribution is 5.84. The van der Waals surface area contributed by atoms with Gasteiger partial charge in [0.05, 0.1) is 7.11 Å². The van der Waals surface area contributed by atoms with E-state index < -0.39 is 0 Å². The molecule has 16 heavy (non-hydrogen) atoms. The van der Waals surface area contributed by atoms with E-state index in [0.717, 1.165) is 24.1 Å². The van der Waals surface area contributed by atoms with Crippen molar-refractivity contribution in [3.05, 3.63) is 30.0 Å². The van der Waals surface area contributed by atoms with Crippen LogP contribution in [0.5, 0.6) is 5.75 Å². The van der Waals surface area contributed by atoms with Gasteiger partial charge in [-0.3, -0.25) is 0 Å². The van der Waals surface area contributed by atoms with Crippen LogP contribution in [0, 0.1) is 0 Å². The molecule has 0 spiro atoms. The first-order valence-corrected chi connectivity index (χ1v) is 5.64. The summed E-state index contributed by atoms with van der Waals surface area (Å²) in [7, 11) is 1.69. The number of fused-ring (bicyclic) bond motifs is 1. The summed E-state index contributed by atoms with van der Waals surface area (Å²) in [5.41, 5.74) is 8.39. The maximum Gasteiger partial charge on any atom is 0.119 e. The van der Waals surface area contributed by atoms with Gasteiger partial charge in [-0.2, -0.15) is 0 Å². The van der Waals surface area contributed by atoms with Crippen LogP contribution in [0.3, 0.4) is 0 Å². The molecule has 3 heteroatoms. The molecule has 3 N–H and O–H groups in total. The minimum absolute atomic E-state index is 0.227. The van der Waals surface area contributed by atoms with Gasteiger partial charge in [0, 0.05) is 23.1 Å². The lowest BCUT2D eigenvalue weighted by Gasteiger charge is -2.07. The summed E-state index contributed by atoms with van der Waals surface area (Å²) in [4.78, 5) is 3.26. The number of aromatic nitrogens is 1. The van der Waals surface area contributed by atoms with Gasteiger partial charge in [-0.25, -0.2) is 0 Å². The molecule has 1 aromatic heterocycles. The fourth-order valence-corrected chi connectivity index (χ4v) is 1.88. The van der Waals surface area contributed by atoms with E-state index in [2.05, 4.69) is 18.0 Å². The van der Waals surface area contributed by atoms with Crippen LogP contribution in [-0.2, 0) is 6.42 Å². The number of hydrogen-bond donors (Lipinski definition) is 2. The highest BCUT2D eigenvalue weighted by atomic mass is 16.5. The topological polar surface area (TPSA) is 51.0 Å². The van der Waals surface area contributed by atoms with Crippen molar-refractivity contribution in [2.24, 2.45) is 5.73 Å². The molecule has 0 saturated carbocycles. The Morgan fingerprint density at radius 2 is 2.25 bits per heavy atom. The zero-order chi connectivity index (χ0) is 11.5. The fourth-order valence-electron chi connectivity index (χ4n) is 1.88. The summed E-state index contributed by atoms with van der Waals surface area (Å²) < 4.78 is 5.23. The Morgan fingerprint density at radius 1 is 1.44 bits per heavy atom. The molecule has 2 rings (SSSR count).